The minimum Gasteiger partial charge on any atom is -0.355 e. The van der Waals surface area contributed by atoms with E-state index in [2.05, 4.69) is 5.32 Å². The summed E-state index contributed by atoms with van der Waals surface area (Å²) in [6.07, 6.45) is 6.01. The summed E-state index contributed by atoms with van der Waals surface area (Å²) in [4.78, 5) is 25.8. The molecule has 0 radical (unpaired) electrons. The number of nitrogens with one attached hydrogen (secondary N) is 1. The molecule has 4 heteroatoms. The molecule has 2 fully saturated rings. The van der Waals surface area contributed by atoms with E-state index in [4.69, 9.17) is 0 Å². The van der Waals surface area contributed by atoms with Crippen LogP contribution in [-0.2, 0) is 11.3 Å². The van der Waals surface area contributed by atoms with Gasteiger partial charge in [0.1, 0.15) is 0 Å². The molecular formula is C19H26N2O2. The number of nitrogens with zero attached hydrogens (tertiary/aromatic N) is 1. The minimum absolute atomic E-state index is 0.0859. The van der Waals surface area contributed by atoms with Gasteiger partial charge in [-0.2, -0.15) is 0 Å². The van der Waals surface area contributed by atoms with Gasteiger partial charge >= 0.3 is 0 Å². The van der Waals surface area contributed by atoms with Crippen LogP contribution in [0.5, 0.6) is 0 Å². The lowest BCUT2D eigenvalue weighted by molar-refractivity contribution is -0.131. The Morgan fingerprint density at radius 1 is 1.17 bits per heavy atom. The molecule has 2 bridgehead atoms. The summed E-state index contributed by atoms with van der Waals surface area (Å²) in [6, 6.07) is 7.46. The highest BCUT2D eigenvalue weighted by Crippen LogP contribution is 2.49. The van der Waals surface area contributed by atoms with Crippen LogP contribution in [0.15, 0.2) is 24.3 Å². The van der Waals surface area contributed by atoms with Crippen molar-refractivity contribution in [2.75, 3.05) is 14.1 Å². The largest absolute Gasteiger partial charge is 0.355 e. The summed E-state index contributed by atoms with van der Waals surface area (Å²) < 4.78 is 0. The van der Waals surface area contributed by atoms with E-state index in [1.807, 2.05) is 36.2 Å². The van der Waals surface area contributed by atoms with Gasteiger partial charge in [-0.1, -0.05) is 18.6 Å². The van der Waals surface area contributed by atoms with Crippen molar-refractivity contribution >= 4 is 11.8 Å². The molecule has 2 aliphatic rings. The maximum absolute atomic E-state index is 12.5. The summed E-state index contributed by atoms with van der Waals surface area (Å²) in [5.74, 6) is 2.46. The molecule has 3 unspecified atom stereocenters. The number of fused-ring (bicyclic) bond motifs is 2. The third kappa shape index (κ3) is 3.57. The molecule has 23 heavy (non-hydrogen) atoms. The van der Waals surface area contributed by atoms with Crippen molar-refractivity contribution in [1.82, 2.24) is 10.2 Å². The first-order valence-corrected chi connectivity index (χ1v) is 8.61. The molecule has 2 aliphatic carbocycles. The SMILES string of the molecule is CNC(=O)c1ccc(CN(C)C(=O)CC2CC3CCC2C3)cc1. The Balaban J connectivity index is 1.52. The van der Waals surface area contributed by atoms with E-state index in [0.29, 0.717) is 24.4 Å². The molecular weight excluding hydrogens is 288 g/mol. The van der Waals surface area contributed by atoms with Gasteiger partial charge in [0.2, 0.25) is 5.91 Å². The maximum atomic E-state index is 12.5. The van der Waals surface area contributed by atoms with Crippen LogP contribution in [0.4, 0.5) is 0 Å². The molecule has 2 amide bonds. The molecule has 3 atom stereocenters. The summed E-state index contributed by atoms with van der Waals surface area (Å²) in [5.41, 5.74) is 1.70. The second-order valence-electron chi connectivity index (χ2n) is 7.16. The molecule has 1 aromatic carbocycles. The Kier molecular flexibility index (Phi) is 4.69. The van der Waals surface area contributed by atoms with E-state index in [1.165, 1.54) is 25.7 Å². The van der Waals surface area contributed by atoms with E-state index in [9.17, 15) is 9.59 Å². The molecule has 4 nitrogen and oxygen atoms in total. The molecule has 0 spiro atoms. The predicted octanol–water partition coefficient (Wildman–Crippen LogP) is 2.83. The van der Waals surface area contributed by atoms with Crippen LogP contribution in [-0.4, -0.2) is 30.8 Å². The predicted molar refractivity (Wildman–Crippen MR) is 89.9 cm³/mol. The van der Waals surface area contributed by atoms with Crippen LogP contribution in [0.3, 0.4) is 0 Å². The Bertz CT molecular complexity index is 582. The summed E-state index contributed by atoms with van der Waals surface area (Å²) in [7, 11) is 3.50. The summed E-state index contributed by atoms with van der Waals surface area (Å²) in [5, 5.41) is 2.61. The van der Waals surface area contributed by atoms with Crippen LogP contribution in [0.1, 0.15) is 48.0 Å². The van der Waals surface area contributed by atoms with Gasteiger partial charge < -0.3 is 10.2 Å². The number of carbonyl (C=O) groups is 2. The lowest BCUT2D eigenvalue weighted by Crippen LogP contribution is -2.29. The number of hydrogen-bond acceptors (Lipinski definition) is 2. The first-order chi connectivity index (χ1) is 11.1. The van der Waals surface area contributed by atoms with E-state index in [-0.39, 0.29) is 11.8 Å². The van der Waals surface area contributed by atoms with Gasteiger partial charge in [-0.25, -0.2) is 0 Å². The van der Waals surface area contributed by atoms with Crippen molar-refractivity contribution in [3.05, 3.63) is 35.4 Å². The van der Waals surface area contributed by atoms with Crippen LogP contribution in [0.25, 0.3) is 0 Å². The fourth-order valence-corrected chi connectivity index (χ4v) is 4.27. The lowest BCUT2D eigenvalue weighted by atomic mass is 9.86. The van der Waals surface area contributed by atoms with Gasteiger partial charge in [-0.15, -0.1) is 0 Å². The molecule has 2 saturated carbocycles. The lowest BCUT2D eigenvalue weighted by Gasteiger charge is -2.24. The smallest absolute Gasteiger partial charge is 0.251 e. The Morgan fingerprint density at radius 2 is 1.91 bits per heavy atom. The highest BCUT2D eigenvalue weighted by Gasteiger charge is 2.40. The molecule has 0 heterocycles. The molecule has 1 N–H and O–H groups in total. The second-order valence-corrected chi connectivity index (χ2v) is 7.16. The third-order valence-corrected chi connectivity index (χ3v) is 5.61. The van der Waals surface area contributed by atoms with E-state index in [0.717, 1.165) is 17.4 Å². The van der Waals surface area contributed by atoms with Crippen LogP contribution >= 0.6 is 0 Å². The number of carbonyl (C=O) groups excluding carboxylic acids is 2. The fourth-order valence-electron chi connectivity index (χ4n) is 4.27. The van der Waals surface area contributed by atoms with Crippen molar-refractivity contribution in [1.29, 1.82) is 0 Å². The van der Waals surface area contributed by atoms with Crippen molar-refractivity contribution in [3.63, 3.8) is 0 Å². The van der Waals surface area contributed by atoms with Gasteiger partial charge in [0.15, 0.2) is 0 Å². The topological polar surface area (TPSA) is 49.4 Å². The monoisotopic (exact) mass is 314 g/mol. The average molecular weight is 314 g/mol. The molecule has 3 rings (SSSR count). The zero-order chi connectivity index (χ0) is 16.4. The number of amides is 2. The molecule has 0 aliphatic heterocycles. The zero-order valence-corrected chi connectivity index (χ0v) is 14.0. The van der Waals surface area contributed by atoms with Gasteiger partial charge in [0.25, 0.3) is 5.91 Å². The van der Waals surface area contributed by atoms with E-state index >= 15 is 0 Å². The highest BCUT2D eigenvalue weighted by molar-refractivity contribution is 5.93. The summed E-state index contributed by atoms with van der Waals surface area (Å²) >= 11 is 0. The average Bonchev–Trinajstić information content (AvgIpc) is 3.17. The zero-order valence-electron chi connectivity index (χ0n) is 14.0. The van der Waals surface area contributed by atoms with Crippen LogP contribution < -0.4 is 5.32 Å². The first kappa shape index (κ1) is 16.0. The Labute approximate surface area is 138 Å². The fraction of sp³-hybridized carbons (Fsp3) is 0.579. The summed E-state index contributed by atoms with van der Waals surface area (Å²) in [6.45, 7) is 0.605. The highest BCUT2D eigenvalue weighted by atomic mass is 16.2. The van der Waals surface area contributed by atoms with E-state index < -0.39 is 0 Å². The Hall–Kier alpha value is -1.84. The van der Waals surface area contributed by atoms with E-state index in [1.54, 1.807) is 7.05 Å². The van der Waals surface area contributed by atoms with Gasteiger partial charge in [-0.3, -0.25) is 9.59 Å². The molecule has 0 aromatic heterocycles. The number of hydrogen-bond donors (Lipinski definition) is 1. The number of rotatable bonds is 5. The van der Waals surface area contributed by atoms with Crippen molar-refractivity contribution in [2.45, 2.75) is 38.6 Å². The quantitative estimate of drug-likeness (QED) is 0.908. The Morgan fingerprint density at radius 3 is 2.48 bits per heavy atom. The van der Waals surface area contributed by atoms with Crippen molar-refractivity contribution in [3.8, 4) is 0 Å². The minimum atomic E-state index is -0.0859. The first-order valence-electron chi connectivity index (χ1n) is 8.61. The van der Waals surface area contributed by atoms with Gasteiger partial charge in [-0.05, 0) is 54.7 Å². The second kappa shape index (κ2) is 6.73. The molecule has 0 saturated heterocycles. The third-order valence-electron chi connectivity index (χ3n) is 5.61. The molecule has 1 aromatic rings. The van der Waals surface area contributed by atoms with Gasteiger partial charge in [0.05, 0.1) is 0 Å². The standard InChI is InChI=1S/C19H26N2O2/c1-20-19(23)15-6-3-13(4-7-15)12-21(2)18(22)11-17-10-14-5-8-16(17)9-14/h3-4,6-7,14,16-17H,5,8-12H2,1-2H3,(H,20,23). The van der Waals surface area contributed by atoms with Crippen LogP contribution in [0.2, 0.25) is 0 Å². The maximum Gasteiger partial charge on any atom is 0.251 e. The van der Waals surface area contributed by atoms with Gasteiger partial charge in [0, 0.05) is 32.6 Å². The van der Waals surface area contributed by atoms with Crippen molar-refractivity contribution in [2.24, 2.45) is 17.8 Å². The van der Waals surface area contributed by atoms with Crippen LogP contribution in [0, 0.1) is 17.8 Å². The normalized spacial score (nSPS) is 25.4. The number of benzene rings is 1. The molecule has 124 valence electrons. The van der Waals surface area contributed by atoms with Crippen molar-refractivity contribution < 1.29 is 9.59 Å².